The van der Waals surface area contributed by atoms with Gasteiger partial charge in [-0.2, -0.15) is 0 Å². The molecule has 1 aliphatic rings. The Bertz CT molecular complexity index is 318. The van der Waals surface area contributed by atoms with Gasteiger partial charge in [-0.25, -0.2) is 13.1 Å². The summed E-state index contributed by atoms with van der Waals surface area (Å²) in [6.45, 7) is 3.82. The molecule has 16 heavy (non-hydrogen) atoms. The Morgan fingerprint density at radius 1 is 1.31 bits per heavy atom. The minimum absolute atomic E-state index is 0.0591. The van der Waals surface area contributed by atoms with Gasteiger partial charge in [0.15, 0.2) is 0 Å². The first-order chi connectivity index (χ1) is 7.54. The number of hydrogen-bond donors (Lipinski definition) is 2. The Hall–Kier alpha value is -0.390. The van der Waals surface area contributed by atoms with Crippen LogP contribution in [0.15, 0.2) is 12.7 Å². The lowest BCUT2D eigenvalue weighted by Crippen LogP contribution is -2.41. The van der Waals surface area contributed by atoms with Gasteiger partial charge in [-0.15, -0.1) is 6.58 Å². The number of hydrogen-bond acceptors (Lipinski definition) is 3. The maximum atomic E-state index is 11.5. The van der Waals surface area contributed by atoms with E-state index in [1.165, 1.54) is 12.5 Å². The Morgan fingerprint density at radius 3 is 2.44 bits per heavy atom. The highest BCUT2D eigenvalue weighted by Gasteiger charge is 2.32. The molecule has 1 fully saturated rings. The lowest BCUT2D eigenvalue weighted by atomic mass is 9.75. The molecule has 0 aliphatic heterocycles. The van der Waals surface area contributed by atoms with Gasteiger partial charge in [-0.05, 0) is 12.8 Å². The molecule has 0 unspecified atom stereocenters. The summed E-state index contributed by atoms with van der Waals surface area (Å²) >= 11 is 0. The molecule has 5 heteroatoms. The summed E-state index contributed by atoms with van der Waals surface area (Å²) in [5.74, 6) is -0.0610. The third-order valence-electron chi connectivity index (χ3n) is 3.25. The van der Waals surface area contributed by atoms with Crippen molar-refractivity contribution in [2.24, 2.45) is 5.41 Å². The summed E-state index contributed by atoms with van der Waals surface area (Å²) in [6.07, 6.45) is 6.50. The molecule has 2 N–H and O–H groups in total. The molecule has 0 aromatic heterocycles. The fourth-order valence-electron chi connectivity index (χ4n) is 2.17. The monoisotopic (exact) mass is 247 g/mol. The van der Waals surface area contributed by atoms with E-state index in [0.29, 0.717) is 6.54 Å². The highest BCUT2D eigenvalue weighted by Crippen LogP contribution is 2.35. The van der Waals surface area contributed by atoms with Crippen molar-refractivity contribution in [3.05, 3.63) is 12.7 Å². The summed E-state index contributed by atoms with van der Waals surface area (Å²) in [4.78, 5) is 0. The zero-order valence-corrected chi connectivity index (χ0v) is 10.4. The van der Waals surface area contributed by atoms with Crippen LogP contribution >= 0.6 is 0 Å². The lowest BCUT2D eigenvalue weighted by Gasteiger charge is -2.35. The van der Waals surface area contributed by atoms with Gasteiger partial charge in [-0.3, -0.25) is 0 Å². The van der Waals surface area contributed by atoms with E-state index in [4.69, 9.17) is 0 Å². The van der Waals surface area contributed by atoms with Crippen LogP contribution in [0.1, 0.15) is 32.1 Å². The highest BCUT2D eigenvalue weighted by molar-refractivity contribution is 7.89. The molecule has 0 aromatic carbocycles. The predicted molar refractivity (Wildman–Crippen MR) is 64.6 cm³/mol. The zero-order chi connectivity index (χ0) is 12.1. The van der Waals surface area contributed by atoms with Crippen molar-refractivity contribution in [1.82, 2.24) is 4.72 Å². The lowest BCUT2D eigenvalue weighted by molar-refractivity contribution is 0.0868. The van der Waals surface area contributed by atoms with Crippen LogP contribution in [0.25, 0.3) is 0 Å². The molecular formula is C11H21NO3S. The van der Waals surface area contributed by atoms with E-state index in [-0.39, 0.29) is 17.8 Å². The van der Waals surface area contributed by atoms with E-state index in [0.717, 1.165) is 25.7 Å². The third kappa shape index (κ3) is 3.88. The van der Waals surface area contributed by atoms with Gasteiger partial charge in [0.1, 0.15) is 0 Å². The smallest absolute Gasteiger partial charge is 0.215 e. The summed E-state index contributed by atoms with van der Waals surface area (Å²) in [7, 11) is -3.26. The SMILES string of the molecule is C=CCS(=O)(=O)NCC1(CO)CCCCC1. The summed E-state index contributed by atoms with van der Waals surface area (Å²) in [5, 5.41) is 9.41. The van der Waals surface area contributed by atoms with Crippen LogP contribution in [0.3, 0.4) is 0 Å². The maximum Gasteiger partial charge on any atom is 0.215 e. The summed E-state index contributed by atoms with van der Waals surface area (Å²) in [5.41, 5.74) is -0.244. The van der Waals surface area contributed by atoms with Gasteiger partial charge in [0.25, 0.3) is 0 Å². The van der Waals surface area contributed by atoms with E-state index < -0.39 is 10.0 Å². The standard InChI is InChI=1S/C11H21NO3S/c1-2-8-16(14,15)12-9-11(10-13)6-4-3-5-7-11/h2,12-13H,1,3-10H2. The molecular weight excluding hydrogens is 226 g/mol. The maximum absolute atomic E-state index is 11.5. The highest BCUT2D eigenvalue weighted by atomic mass is 32.2. The quantitative estimate of drug-likeness (QED) is 0.689. The molecule has 0 radical (unpaired) electrons. The molecule has 1 saturated carbocycles. The second-order valence-electron chi connectivity index (χ2n) is 4.61. The fourth-order valence-corrected chi connectivity index (χ4v) is 3.12. The van der Waals surface area contributed by atoms with E-state index in [1.807, 2.05) is 0 Å². The topological polar surface area (TPSA) is 66.4 Å². The van der Waals surface area contributed by atoms with Gasteiger partial charge in [0.2, 0.25) is 10.0 Å². The van der Waals surface area contributed by atoms with E-state index in [2.05, 4.69) is 11.3 Å². The van der Waals surface area contributed by atoms with Gasteiger partial charge in [0, 0.05) is 18.6 Å². The fraction of sp³-hybridized carbons (Fsp3) is 0.818. The Morgan fingerprint density at radius 2 is 1.94 bits per heavy atom. The second kappa shape index (κ2) is 5.80. The molecule has 0 spiro atoms. The predicted octanol–water partition coefficient (Wildman–Crippen LogP) is 1.03. The van der Waals surface area contributed by atoms with Gasteiger partial charge >= 0.3 is 0 Å². The summed E-state index contributed by atoms with van der Waals surface area (Å²) < 4.78 is 25.5. The molecule has 1 rings (SSSR count). The molecule has 0 bridgehead atoms. The van der Waals surface area contributed by atoms with Crippen molar-refractivity contribution < 1.29 is 13.5 Å². The van der Waals surface area contributed by atoms with Crippen LogP contribution in [0.5, 0.6) is 0 Å². The molecule has 94 valence electrons. The zero-order valence-electron chi connectivity index (χ0n) is 9.61. The van der Waals surface area contributed by atoms with Crippen LogP contribution in [0.2, 0.25) is 0 Å². The molecule has 0 atom stereocenters. The average Bonchev–Trinajstić information content (AvgIpc) is 2.28. The van der Waals surface area contributed by atoms with E-state index >= 15 is 0 Å². The van der Waals surface area contributed by atoms with Crippen LogP contribution in [0.4, 0.5) is 0 Å². The normalized spacial score (nSPS) is 20.6. The first kappa shape index (κ1) is 13.7. The summed E-state index contributed by atoms with van der Waals surface area (Å²) in [6, 6.07) is 0. The van der Waals surface area contributed by atoms with Crippen molar-refractivity contribution in [2.45, 2.75) is 32.1 Å². The number of nitrogens with one attached hydrogen (secondary N) is 1. The molecule has 0 heterocycles. The van der Waals surface area contributed by atoms with E-state index in [9.17, 15) is 13.5 Å². The number of rotatable bonds is 6. The second-order valence-corrected chi connectivity index (χ2v) is 6.46. The molecule has 1 aliphatic carbocycles. The molecule has 0 amide bonds. The van der Waals surface area contributed by atoms with Crippen LogP contribution in [-0.2, 0) is 10.0 Å². The Kier molecular flexibility index (Phi) is 4.95. The van der Waals surface area contributed by atoms with Crippen molar-refractivity contribution in [3.63, 3.8) is 0 Å². The van der Waals surface area contributed by atoms with Crippen molar-refractivity contribution >= 4 is 10.0 Å². The van der Waals surface area contributed by atoms with Crippen LogP contribution in [-0.4, -0.2) is 32.4 Å². The largest absolute Gasteiger partial charge is 0.396 e. The minimum atomic E-state index is -3.26. The van der Waals surface area contributed by atoms with Crippen LogP contribution < -0.4 is 4.72 Å². The molecule has 0 saturated heterocycles. The van der Waals surface area contributed by atoms with Crippen molar-refractivity contribution in [3.8, 4) is 0 Å². The van der Waals surface area contributed by atoms with Gasteiger partial charge in [0.05, 0.1) is 5.75 Å². The van der Waals surface area contributed by atoms with Crippen molar-refractivity contribution in [1.29, 1.82) is 0 Å². The third-order valence-corrected chi connectivity index (χ3v) is 4.51. The van der Waals surface area contributed by atoms with E-state index in [1.54, 1.807) is 0 Å². The Labute approximate surface area is 97.8 Å². The molecule has 0 aromatic rings. The first-order valence-electron chi connectivity index (χ1n) is 5.73. The Balaban J connectivity index is 2.53. The van der Waals surface area contributed by atoms with Gasteiger partial charge < -0.3 is 5.11 Å². The van der Waals surface area contributed by atoms with Crippen LogP contribution in [0, 0.1) is 5.41 Å². The number of aliphatic hydroxyl groups is 1. The average molecular weight is 247 g/mol. The van der Waals surface area contributed by atoms with Gasteiger partial charge in [-0.1, -0.05) is 25.3 Å². The van der Waals surface area contributed by atoms with Crippen molar-refractivity contribution in [2.75, 3.05) is 18.9 Å². The number of aliphatic hydroxyl groups excluding tert-OH is 1. The number of sulfonamides is 1. The minimum Gasteiger partial charge on any atom is -0.396 e. The molecule has 4 nitrogen and oxygen atoms in total. The first-order valence-corrected chi connectivity index (χ1v) is 7.38.